The second kappa shape index (κ2) is 6.65. The van der Waals surface area contributed by atoms with Gasteiger partial charge in [0.25, 0.3) is 5.91 Å². The molecule has 1 unspecified atom stereocenters. The number of nitrogens with zero attached hydrogens (tertiary/aromatic N) is 1. The van der Waals surface area contributed by atoms with Crippen molar-refractivity contribution in [2.45, 2.75) is 25.8 Å². The lowest BCUT2D eigenvalue weighted by Crippen LogP contribution is -2.38. The van der Waals surface area contributed by atoms with Crippen molar-refractivity contribution in [3.8, 4) is 5.75 Å². The number of amides is 1. The standard InChI is InChI=1S/C19H18ClNO3/c1-12-3-5-14(6-4-12)10-21-16-9-15(19(23)13(2)20)7-8-17(16)24-11-18(21)22/h3-9,13H,10-11H2,1-2H3. The Hall–Kier alpha value is -2.33. The smallest absolute Gasteiger partial charge is 0.265 e. The number of fused-ring (bicyclic) bond motifs is 1. The normalized spacial score (nSPS) is 14.8. The molecular formula is C19H18ClNO3. The number of Topliss-reactive ketones (excluding diaryl/α,β-unsaturated/α-hetero) is 1. The van der Waals surface area contributed by atoms with Crippen LogP contribution in [-0.2, 0) is 11.3 Å². The molecule has 2 aromatic carbocycles. The minimum Gasteiger partial charge on any atom is -0.482 e. The van der Waals surface area contributed by atoms with Crippen molar-refractivity contribution >= 4 is 29.0 Å². The zero-order valence-corrected chi connectivity index (χ0v) is 14.3. The zero-order chi connectivity index (χ0) is 17.3. The molecule has 3 rings (SSSR count). The first-order valence-electron chi connectivity index (χ1n) is 7.77. The summed E-state index contributed by atoms with van der Waals surface area (Å²) >= 11 is 5.89. The topological polar surface area (TPSA) is 46.6 Å². The van der Waals surface area contributed by atoms with Crippen LogP contribution in [-0.4, -0.2) is 23.7 Å². The van der Waals surface area contributed by atoms with Gasteiger partial charge < -0.3 is 9.64 Å². The summed E-state index contributed by atoms with van der Waals surface area (Å²) in [6, 6.07) is 13.1. The number of rotatable bonds is 4. The molecule has 1 heterocycles. The van der Waals surface area contributed by atoms with Crippen LogP contribution in [0.5, 0.6) is 5.75 Å². The zero-order valence-electron chi connectivity index (χ0n) is 13.6. The fourth-order valence-electron chi connectivity index (χ4n) is 2.63. The molecule has 0 aliphatic carbocycles. The molecule has 1 amide bonds. The molecule has 0 radical (unpaired) electrons. The lowest BCUT2D eigenvalue weighted by molar-refractivity contribution is -0.121. The molecule has 0 saturated carbocycles. The first kappa shape index (κ1) is 16.5. The highest BCUT2D eigenvalue weighted by molar-refractivity contribution is 6.33. The largest absolute Gasteiger partial charge is 0.482 e. The van der Waals surface area contributed by atoms with Crippen molar-refractivity contribution in [2.24, 2.45) is 0 Å². The average Bonchev–Trinajstić information content (AvgIpc) is 2.58. The number of aryl methyl sites for hydroxylation is 1. The number of carbonyl (C=O) groups excluding carboxylic acids is 2. The van der Waals surface area contributed by atoms with Crippen LogP contribution in [0.15, 0.2) is 42.5 Å². The number of hydrogen-bond acceptors (Lipinski definition) is 3. The maximum atomic E-state index is 12.3. The average molecular weight is 344 g/mol. The molecule has 0 spiro atoms. The van der Waals surface area contributed by atoms with Gasteiger partial charge in [-0.05, 0) is 37.6 Å². The molecule has 1 aliphatic rings. The van der Waals surface area contributed by atoms with Crippen LogP contribution in [0.3, 0.4) is 0 Å². The monoisotopic (exact) mass is 343 g/mol. The summed E-state index contributed by atoms with van der Waals surface area (Å²) in [5, 5.41) is -0.617. The summed E-state index contributed by atoms with van der Waals surface area (Å²) < 4.78 is 5.48. The second-order valence-corrected chi connectivity index (χ2v) is 6.57. The summed E-state index contributed by atoms with van der Waals surface area (Å²) in [6.45, 7) is 4.08. The second-order valence-electron chi connectivity index (χ2n) is 5.92. The van der Waals surface area contributed by atoms with E-state index in [1.807, 2.05) is 31.2 Å². The number of anilines is 1. The lowest BCUT2D eigenvalue weighted by atomic mass is 10.1. The minimum absolute atomic E-state index is 0.00192. The van der Waals surface area contributed by atoms with E-state index in [0.717, 1.165) is 11.1 Å². The van der Waals surface area contributed by atoms with E-state index in [-0.39, 0.29) is 18.3 Å². The number of halogens is 1. The van der Waals surface area contributed by atoms with Gasteiger partial charge in [0.15, 0.2) is 12.4 Å². The van der Waals surface area contributed by atoms with Gasteiger partial charge in [0.05, 0.1) is 17.6 Å². The van der Waals surface area contributed by atoms with E-state index in [0.29, 0.717) is 23.5 Å². The first-order chi connectivity index (χ1) is 11.5. The SMILES string of the molecule is Cc1ccc(CN2C(=O)COc3ccc(C(=O)C(C)Cl)cc32)cc1. The summed E-state index contributed by atoms with van der Waals surface area (Å²) in [4.78, 5) is 26.1. The molecule has 0 aromatic heterocycles. The Labute approximate surface area is 146 Å². The highest BCUT2D eigenvalue weighted by atomic mass is 35.5. The Balaban J connectivity index is 1.96. The van der Waals surface area contributed by atoms with Crippen LogP contribution in [0.4, 0.5) is 5.69 Å². The third-order valence-corrected chi connectivity index (χ3v) is 4.21. The van der Waals surface area contributed by atoms with E-state index in [1.54, 1.807) is 30.0 Å². The van der Waals surface area contributed by atoms with Crippen LogP contribution < -0.4 is 9.64 Å². The van der Waals surface area contributed by atoms with Gasteiger partial charge in [-0.15, -0.1) is 11.6 Å². The van der Waals surface area contributed by atoms with Gasteiger partial charge in [-0.2, -0.15) is 0 Å². The van der Waals surface area contributed by atoms with Crippen molar-refractivity contribution in [1.29, 1.82) is 0 Å². The molecule has 2 aromatic rings. The summed E-state index contributed by atoms with van der Waals surface area (Å²) in [5.74, 6) is 0.292. The molecule has 0 bridgehead atoms. The maximum absolute atomic E-state index is 12.3. The molecule has 0 N–H and O–H groups in total. The highest BCUT2D eigenvalue weighted by Crippen LogP contribution is 2.34. The predicted molar refractivity (Wildman–Crippen MR) is 94.0 cm³/mol. The fraction of sp³-hybridized carbons (Fsp3) is 0.263. The van der Waals surface area contributed by atoms with Crippen LogP contribution in [0.25, 0.3) is 0 Å². The minimum atomic E-state index is -0.617. The summed E-state index contributed by atoms with van der Waals surface area (Å²) in [5.41, 5.74) is 3.26. The van der Waals surface area contributed by atoms with Crippen LogP contribution in [0, 0.1) is 6.92 Å². The number of alkyl halides is 1. The Kier molecular flexibility index (Phi) is 4.58. The van der Waals surface area contributed by atoms with Crippen molar-refractivity contribution in [1.82, 2.24) is 0 Å². The fourth-order valence-corrected chi connectivity index (χ4v) is 2.76. The van der Waals surface area contributed by atoms with E-state index in [9.17, 15) is 9.59 Å². The van der Waals surface area contributed by atoms with Gasteiger partial charge >= 0.3 is 0 Å². The molecule has 1 aliphatic heterocycles. The maximum Gasteiger partial charge on any atom is 0.265 e. The van der Waals surface area contributed by atoms with Crippen LogP contribution >= 0.6 is 11.6 Å². The Morgan fingerprint density at radius 2 is 1.96 bits per heavy atom. The number of benzene rings is 2. The summed E-state index contributed by atoms with van der Waals surface area (Å²) in [6.07, 6.45) is 0. The lowest BCUT2D eigenvalue weighted by Gasteiger charge is -2.30. The molecule has 5 heteroatoms. The predicted octanol–water partition coefficient (Wildman–Crippen LogP) is 3.73. The summed E-state index contributed by atoms with van der Waals surface area (Å²) in [7, 11) is 0. The van der Waals surface area contributed by atoms with E-state index in [1.165, 1.54) is 0 Å². The molecule has 24 heavy (non-hydrogen) atoms. The van der Waals surface area contributed by atoms with Gasteiger partial charge in [-0.25, -0.2) is 0 Å². The van der Waals surface area contributed by atoms with Gasteiger partial charge in [0.2, 0.25) is 0 Å². The third kappa shape index (κ3) is 3.29. The van der Waals surface area contributed by atoms with E-state index in [4.69, 9.17) is 16.3 Å². The Morgan fingerprint density at radius 1 is 1.25 bits per heavy atom. The van der Waals surface area contributed by atoms with Crippen LogP contribution in [0.1, 0.15) is 28.4 Å². The third-order valence-electron chi connectivity index (χ3n) is 4.01. The van der Waals surface area contributed by atoms with E-state index < -0.39 is 5.38 Å². The van der Waals surface area contributed by atoms with Crippen LogP contribution in [0.2, 0.25) is 0 Å². The van der Waals surface area contributed by atoms with Gasteiger partial charge in [0, 0.05) is 5.56 Å². The highest BCUT2D eigenvalue weighted by Gasteiger charge is 2.27. The number of carbonyl (C=O) groups is 2. The molecular weight excluding hydrogens is 326 g/mol. The molecule has 0 saturated heterocycles. The van der Waals surface area contributed by atoms with E-state index in [2.05, 4.69) is 0 Å². The molecule has 0 fully saturated rings. The Bertz CT molecular complexity index is 784. The van der Waals surface area contributed by atoms with Crippen molar-refractivity contribution in [3.63, 3.8) is 0 Å². The van der Waals surface area contributed by atoms with Crippen molar-refractivity contribution in [2.75, 3.05) is 11.5 Å². The van der Waals surface area contributed by atoms with E-state index >= 15 is 0 Å². The molecule has 124 valence electrons. The number of ketones is 1. The molecule has 1 atom stereocenters. The van der Waals surface area contributed by atoms with Gasteiger partial charge in [0.1, 0.15) is 5.75 Å². The quantitative estimate of drug-likeness (QED) is 0.627. The first-order valence-corrected chi connectivity index (χ1v) is 8.20. The number of ether oxygens (including phenoxy) is 1. The van der Waals surface area contributed by atoms with Crippen molar-refractivity contribution < 1.29 is 14.3 Å². The van der Waals surface area contributed by atoms with Crippen molar-refractivity contribution in [3.05, 3.63) is 59.2 Å². The number of hydrogen-bond donors (Lipinski definition) is 0. The molecule has 4 nitrogen and oxygen atoms in total. The van der Waals surface area contributed by atoms with Gasteiger partial charge in [-0.1, -0.05) is 29.8 Å². The Morgan fingerprint density at radius 3 is 2.62 bits per heavy atom. The van der Waals surface area contributed by atoms with Gasteiger partial charge in [-0.3, -0.25) is 9.59 Å².